The fourth-order valence-corrected chi connectivity index (χ4v) is 2.53. The van der Waals surface area contributed by atoms with Gasteiger partial charge in [-0.25, -0.2) is 0 Å². The normalized spacial score (nSPS) is 30.1. The third-order valence-electron chi connectivity index (χ3n) is 3.56. The van der Waals surface area contributed by atoms with Crippen LogP contribution < -0.4 is 0 Å². The molecule has 0 spiro atoms. The zero-order valence-corrected chi connectivity index (χ0v) is 8.87. The van der Waals surface area contributed by atoms with E-state index in [1.54, 1.807) is 0 Å². The molecule has 1 aliphatic carbocycles. The fraction of sp³-hybridized carbons (Fsp3) is 0.909. The van der Waals surface area contributed by atoms with Crippen molar-refractivity contribution >= 4 is 5.78 Å². The van der Waals surface area contributed by atoms with Crippen molar-refractivity contribution in [2.75, 3.05) is 20.3 Å². The molecule has 0 bridgehead atoms. The molecule has 80 valence electrons. The van der Waals surface area contributed by atoms with E-state index in [0.29, 0.717) is 17.9 Å². The summed E-state index contributed by atoms with van der Waals surface area (Å²) in [4.78, 5) is 13.6. The first-order valence-corrected chi connectivity index (χ1v) is 5.59. The van der Waals surface area contributed by atoms with Gasteiger partial charge in [0.2, 0.25) is 0 Å². The Labute approximate surface area is 85.4 Å². The zero-order valence-electron chi connectivity index (χ0n) is 8.87. The number of hydrogen-bond donors (Lipinski definition) is 0. The molecule has 0 amide bonds. The van der Waals surface area contributed by atoms with Crippen LogP contribution in [0.5, 0.6) is 0 Å². The zero-order chi connectivity index (χ0) is 9.97. The first-order chi connectivity index (χ1) is 6.77. The van der Waals surface area contributed by atoms with E-state index in [1.165, 1.54) is 0 Å². The van der Waals surface area contributed by atoms with Gasteiger partial charge < -0.3 is 4.74 Å². The smallest absolute Gasteiger partial charge is 0.134 e. The van der Waals surface area contributed by atoms with Crippen LogP contribution in [0.4, 0.5) is 0 Å². The lowest BCUT2D eigenvalue weighted by Gasteiger charge is -2.35. The van der Waals surface area contributed by atoms with Crippen molar-refractivity contribution in [3.8, 4) is 0 Å². The van der Waals surface area contributed by atoms with E-state index >= 15 is 0 Å². The Morgan fingerprint density at radius 1 is 1.21 bits per heavy atom. The summed E-state index contributed by atoms with van der Waals surface area (Å²) in [6.07, 6.45) is 4.88. The monoisotopic (exact) mass is 197 g/mol. The van der Waals surface area contributed by atoms with Crippen molar-refractivity contribution in [3.05, 3.63) is 0 Å². The second kappa shape index (κ2) is 4.41. The summed E-state index contributed by atoms with van der Waals surface area (Å²) < 4.78 is 5.34. The van der Waals surface area contributed by atoms with Crippen molar-refractivity contribution in [1.29, 1.82) is 0 Å². The molecular formula is C11H19NO2. The minimum absolute atomic E-state index is 0.439. The first-order valence-electron chi connectivity index (χ1n) is 5.59. The first kappa shape index (κ1) is 10.1. The number of Topliss-reactive ketones (excluding diaryl/α,β-unsaturated/α-hetero) is 1. The average molecular weight is 197 g/mol. The molecule has 0 aromatic heterocycles. The van der Waals surface area contributed by atoms with Crippen LogP contribution in [-0.2, 0) is 9.53 Å². The van der Waals surface area contributed by atoms with Crippen LogP contribution in [0.2, 0.25) is 0 Å². The summed E-state index contributed by atoms with van der Waals surface area (Å²) in [6.45, 7) is 1.77. The Morgan fingerprint density at radius 3 is 2.50 bits per heavy atom. The number of ether oxygens (including phenoxy) is 1. The van der Waals surface area contributed by atoms with Crippen LogP contribution in [0, 0.1) is 0 Å². The lowest BCUT2D eigenvalue weighted by Crippen LogP contribution is -2.42. The van der Waals surface area contributed by atoms with Gasteiger partial charge in [-0.2, -0.15) is 0 Å². The summed E-state index contributed by atoms with van der Waals surface area (Å²) in [5.41, 5.74) is 0. The number of carbonyl (C=O) groups excluding carboxylic acids is 1. The van der Waals surface area contributed by atoms with E-state index < -0.39 is 0 Å². The van der Waals surface area contributed by atoms with Crippen LogP contribution in [-0.4, -0.2) is 43.0 Å². The number of rotatable bonds is 2. The lowest BCUT2D eigenvalue weighted by atomic mass is 10.0. The van der Waals surface area contributed by atoms with E-state index in [4.69, 9.17) is 4.74 Å². The summed E-state index contributed by atoms with van der Waals surface area (Å²) >= 11 is 0. The number of nitrogens with zero attached hydrogens (tertiary/aromatic N) is 1. The van der Waals surface area contributed by atoms with Crippen molar-refractivity contribution in [3.63, 3.8) is 0 Å². The molecule has 1 unspecified atom stereocenters. The summed E-state index contributed by atoms with van der Waals surface area (Å²) in [7, 11) is 2.17. The highest BCUT2D eigenvalue weighted by molar-refractivity contribution is 5.81. The Bertz CT molecular complexity index is 211. The quantitative estimate of drug-likeness (QED) is 0.666. The maximum Gasteiger partial charge on any atom is 0.134 e. The third-order valence-corrected chi connectivity index (χ3v) is 3.56. The van der Waals surface area contributed by atoms with E-state index in [-0.39, 0.29) is 0 Å². The van der Waals surface area contributed by atoms with Gasteiger partial charge in [-0.3, -0.25) is 9.69 Å². The summed E-state index contributed by atoms with van der Waals surface area (Å²) in [5, 5.41) is 0. The SMILES string of the molecule is CN(C1CCOCC1)C1CCC(=O)C1. The second-order valence-electron chi connectivity index (χ2n) is 4.44. The molecule has 3 nitrogen and oxygen atoms in total. The Balaban J connectivity index is 1.86. The predicted molar refractivity (Wildman–Crippen MR) is 54.3 cm³/mol. The minimum Gasteiger partial charge on any atom is -0.381 e. The van der Waals surface area contributed by atoms with E-state index in [0.717, 1.165) is 45.3 Å². The summed E-state index contributed by atoms with van der Waals surface area (Å²) in [6, 6.07) is 1.14. The fourth-order valence-electron chi connectivity index (χ4n) is 2.53. The van der Waals surface area contributed by atoms with Crippen LogP contribution in [0.3, 0.4) is 0 Å². The van der Waals surface area contributed by atoms with E-state index in [2.05, 4.69) is 11.9 Å². The topological polar surface area (TPSA) is 29.5 Å². The largest absolute Gasteiger partial charge is 0.381 e. The van der Waals surface area contributed by atoms with Gasteiger partial charge >= 0.3 is 0 Å². The van der Waals surface area contributed by atoms with Gasteiger partial charge in [0.1, 0.15) is 5.78 Å². The van der Waals surface area contributed by atoms with Gasteiger partial charge in [-0.15, -0.1) is 0 Å². The molecule has 0 radical (unpaired) electrons. The molecule has 2 rings (SSSR count). The molecule has 14 heavy (non-hydrogen) atoms. The van der Waals surface area contributed by atoms with Crippen molar-refractivity contribution in [2.45, 2.75) is 44.2 Å². The predicted octanol–water partition coefficient (Wildman–Crippen LogP) is 1.22. The average Bonchev–Trinajstić information content (AvgIpc) is 2.65. The maximum atomic E-state index is 11.2. The van der Waals surface area contributed by atoms with Gasteiger partial charge in [0.25, 0.3) is 0 Å². The molecule has 2 aliphatic rings. The van der Waals surface area contributed by atoms with Crippen molar-refractivity contribution in [2.24, 2.45) is 0 Å². The Hall–Kier alpha value is -0.410. The molecule has 0 aromatic carbocycles. The molecule has 0 N–H and O–H groups in total. The number of ketones is 1. The molecule has 1 saturated carbocycles. The Morgan fingerprint density at radius 2 is 1.93 bits per heavy atom. The van der Waals surface area contributed by atoms with Crippen LogP contribution >= 0.6 is 0 Å². The van der Waals surface area contributed by atoms with Crippen molar-refractivity contribution in [1.82, 2.24) is 4.90 Å². The summed E-state index contributed by atoms with van der Waals surface area (Å²) in [5.74, 6) is 0.439. The van der Waals surface area contributed by atoms with E-state index in [9.17, 15) is 4.79 Å². The minimum atomic E-state index is 0.439. The number of hydrogen-bond acceptors (Lipinski definition) is 3. The van der Waals surface area contributed by atoms with Crippen molar-refractivity contribution < 1.29 is 9.53 Å². The molecule has 1 saturated heterocycles. The van der Waals surface area contributed by atoms with E-state index in [1.807, 2.05) is 0 Å². The van der Waals surface area contributed by atoms with Crippen LogP contribution in [0.1, 0.15) is 32.1 Å². The molecule has 0 aromatic rings. The molecule has 3 heteroatoms. The van der Waals surface area contributed by atoms with Gasteiger partial charge in [-0.05, 0) is 26.3 Å². The highest BCUT2D eigenvalue weighted by Gasteiger charge is 2.30. The van der Waals surface area contributed by atoms with Gasteiger partial charge in [-0.1, -0.05) is 0 Å². The number of carbonyl (C=O) groups is 1. The molecule has 1 aliphatic heterocycles. The second-order valence-corrected chi connectivity index (χ2v) is 4.44. The maximum absolute atomic E-state index is 11.2. The van der Waals surface area contributed by atoms with Gasteiger partial charge in [0.05, 0.1) is 0 Å². The van der Waals surface area contributed by atoms with Gasteiger partial charge in [0, 0.05) is 38.1 Å². The highest BCUT2D eigenvalue weighted by Crippen LogP contribution is 2.24. The molecule has 2 fully saturated rings. The molecule has 1 heterocycles. The standard InChI is InChI=1S/C11H19NO2/c1-12(9-4-6-14-7-5-9)10-2-3-11(13)8-10/h9-10H,2-8H2,1H3. The highest BCUT2D eigenvalue weighted by atomic mass is 16.5. The van der Waals surface area contributed by atoms with Gasteiger partial charge in [0.15, 0.2) is 0 Å². The molecule has 1 atom stereocenters. The molecular weight excluding hydrogens is 178 g/mol. The lowest BCUT2D eigenvalue weighted by molar-refractivity contribution is -0.117. The van der Waals surface area contributed by atoms with Crippen LogP contribution in [0.25, 0.3) is 0 Å². The Kier molecular flexibility index (Phi) is 3.19. The van der Waals surface area contributed by atoms with Crippen LogP contribution in [0.15, 0.2) is 0 Å². The third kappa shape index (κ3) is 2.15.